The van der Waals surface area contributed by atoms with Crippen molar-refractivity contribution in [2.24, 2.45) is 16.5 Å². The molecule has 0 saturated carbocycles. The highest BCUT2D eigenvalue weighted by molar-refractivity contribution is 7.86. The fraction of sp³-hybridized carbons (Fsp3) is 0.357. The molecular weight excluding hydrogens is 318 g/mol. The summed E-state index contributed by atoms with van der Waals surface area (Å²) in [5, 5.41) is 4.25. The van der Waals surface area contributed by atoms with E-state index in [4.69, 9.17) is 15.8 Å². The minimum atomic E-state index is -3.99. The molecule has 0 radical (unpaired) electrons. The predicted molar refractivity (Wildman–Crippen MR) is 85.3 cm³/mol. The van der Waals surface area contributed by atoms with Gasteiger partial charge in [-0.05, 0) is 25.0 Å². The first-order chi connectivity index (χ1) is 10.9. The van der Waals surface area contributed by atoms with Crippen LogP contribution in [0.5, 0.6) is 0 Å². The number of aliphatic imine (C=N–C) groups is 1. The molecule has 1 unspecified atom stereocenters. The summed E-state index contributed by atoms with van der Waals surface area (Å²) in [7, 11) is -3.99. The van der Waals surface area contributed by atoms with Gasteiger partial charge in [0.1, 0.15) is 10.6 Å². The van der Waals surface area contributed by atoms with Crippen molar-refractivity contribution >= 4 is 16.1 Å². The van der Waals surface area contributed by atoms with E-state index < -0.39 is 15.8 Å². The first kappa shape index (κ1) is 15.9. The van der Waals surface area contributed by atoms with E-state index in [1.165, 1.54) is 17.3 Å². The van der Waals surface area contributed by atoms with Crippen molar-refractivity contribution < 1.29 is 12.7 Å². The van der Waals surface area contributed by atoms with Crippen LogP contribution in [0.1, 0.15) is 18.4 Å². The lowest BCUT2D eigenvalue weighted by atomic mass is 9.99. The Morgan fingerprint density at radius 2 is 1.96 bits per heavy atom. The Balaban J connectivity index is 1.98. The van der Waals surface area contributed by atoms with Gasteiger partial charge in [-0.1, -0.05) is 18.2 Å². The van der Waals surface area contributed by atoms with Crippen molar-refractivity contribution in [2.75, 3.05) is 13.1 Å². The number of guanidine groups is 1. The van der Waals surface area contributed by atoms with Crippen LogP contribution in [-0.2, 0) is 20.1 Å². The fourth-order valence-electron chi connectivity index (χ4n) is 2.65. The molecule has 8 nitrogen and oxygen atoms in total. The van der Waals surface area contributed by atoms with Crippen molar-refractivity contribution in [3.05, 3.63) is 42.1 Å². The summed E-state index contributed by atoms with van der Waals surface area (Å²) in [4.78, 5) is 3.86. The number of benzene rings is 1. The average molecular weight is 337 g/mol. The Bertz CT molecular complexity index is 755. The average Bonchev–Trinajstić information content (AvgIpc) is 2.99. The first-order valence-electron chi connectivity index (χ1n) is 7.28. The predicted octanol–water partition coefficient (Wildman–Crippen LogP) is -0.0542. The van der Waals surface area contributed by atoms with E-state index in [0.29, 0.717) is 18.7 Å². The maximum atomic E-state index is 12.6. The van der Waals surface area contributed by atoms with E-state index in [9.17, 15) is 8.42 Å². The Kier molecular flexibility index (Phi) is 4.11. The summed E-state index contributed by atoms with van der Waals surface area (Å²) in [6, 6.07) is 6.41. The Hall–Kier alpha value is -1.94. The van der Waals surface area contributed by atoms with E-state index in [0.717, 1.165) is 12.8 Å². The van der Waals surface area contributed by atoms with E-state index in [2.05, 4.69) is 10.3 Å². The molecule has 0 spiro atoms. The molecule has 2 heterocycles. The quantitative estimate of drug-likeness (QED) is 0.703. The van der Waals surface area contributed by atoms with Crippen LogP contribution in [0.15, 0.2) is 46.4 Å². The van der Waals surface area contributed by atoms with Crippen molar-refractivity contribution in [1.29, 1.82) is 0 Å². The largest absolute Gasteiger partial charge is 0.370 e. The number of rotatable bonds is 4. The van der Waals surface area contributed by atoms with Crippen LogP contribution in [0.25, 0.3) is 0 Å². The second-order valence-electron chi connectivity index (χ2n) is 5.49. The SMILES string of the molecule is NC1=NC=CC(N)(c2ccccc2S(=O)(=O)ON2CCCC2)N1. The van der Waals surface area contributed by atoms with Crippen molar-refractivity contribution in [3.63, 3.8) is 0 Å². The highest BCUT2D eigenvalue weighted by Gasteiger charge is 2.34. The minimum absolute atomic E-state index is 0.00116. The number of hydrogen-bond acceptors (Lipinski definition) is 8. The number of nitrogens with zero attached hydrogens (tertiary/aromatic N) is 2. The maximum Gasteiger partial charge on any atom is 0.313 e. The first-order valence-corrected chi connectivity index (χ1v) is 8.69. The lowest BCUT2D eigenvalue weighted by Crippen LogP contribution is -2.55. The number of nitrogens with two attached hydrogens (primary N) is 2. The molecule has 23 heavy (non-hydrogen) atoms. The smallest absolute Gasteiger partial charge is 0.313 e. The van der Waals surface area contributed by atoms with Gasteiger partial charge in [0, 0.05) is 24.9 Å². The molecule has 124 valence electrons. The van der Waals surface area contributed by atoms with Gasteiger partial charge < -0.3 is 16.8 Å². The highest BCUT2D eigenvalue weighted by atomic mass is 32.2. The Morgan fingerprint density at radius 3 is 2.65 bits per heavy atom. The number of hydroxylamine groups is 2. The topological polar surface area (TPSA) is 123 Å². The maximum absolute atomic E-state index is 12.6. The highest BCUT2D eigenvalue weighted by Crippen LogP contribution is 2.28. The second kappa shape index (κ2) is 5.93. The van der Waals surface area contributed by atoms with Crippen LogP contribution >= 0.6 is 0 Å². The molecule has 1 atom stereocenters. The van der Waals surface area contributed by atoms with E-state index in [1.54, 1.807) is 24.3 Å². The van der Waals surface area contributed by atoms with Gasteiger partial charge in [0.2, 0.25) is 0 Å². The zero-order chi connectivity index (χ0) is 16.5. The normalized spacial score (nSPS) is 25.2. The molecule has 0 aliphatic carbocycles. The summed E-state index contributed by atoms with van der Waals surface area (Å²) in [5.74, 6) is 0.114. The second-order valence-corrected chi connectivity index (χ2v) is 6.98. The molecule has 0 aromatic heterocycles. The Labute approximate surface area is 134 Å². The zero-order valence-electron chi connectivity index (χ0n) is 12.5. The van der Waals surface area contributed by atoms with Gasteiger partial charge in [0.05, 0.1) is 0 Å². The summed E-state index contributed by atoms with van der Waals surface area (Å²) >= 11 is 0. The van der Waals surface area contributed by atoms with Crippen LogP contribution in [0.4, 0.5) is 0 Å². The molecule has 2 aliphatic heterocycles. The summed E-state index contributed by atoms with van der Waals surface area (Å²) in [6.45, 7) is 1.18. The summed E-state index contributed by atoms with van der Waals surface area (Å²) in [5.41, 5.74) is 11.0. The molecule has 1 aromatic rings. The molecular formula is C14H19N5O3S. The van der Waals surface area contributed by atoms with Crippen LogP contribution in [0, 0.1) is 0 Å². The van der Waals surface area contributed by atoms with Crippen molar-refractivity contribution in [3.8, 4) is 0 Å². The van der Waals surface area contributed by atoms with Gasteiger partial charge >= 0.3 is 10.1 Å². The van der Waals surface area contributed by atoms with Crippen molar-refractivity contribution in [2.45, 2.75) is 23.4 Å². The molecule has 1 saturated heterocycles. The fourth-order valence-corrected chi connectivity index (χ4v) is 3.90. The standard InChI is InChI=1S/C14H19N5O3S/c15-13-17-8-7-14(16,18-13)11-5-1-2-6-12(11)23(20,21)22-19-9-3-4-10-19/h1-2,5-8H,3-4,9-10,16H2,(H3,15,17,18). The zero-order valence-corrected chi connectivity index (χ0v) is 13.3. The third-order valence-corrected chi connectivity index (χ3v) is 5.06. The van der Waals surface area contributed by atoms with Crippen LogP contribution in [0.2, 0.25) is 0 Å². The van der Waals surface area contributed by atoms with Gasteiger partial charge in [-0.25, -0.2) is 4.99 Å². The molecule has 9 heteroatoms. The molecule has 3 rings (SSSR count). The lowest BCUT2D eigenvalue weighted by Gasteiger charge is -2.31. The molecule has 2 aliphatic rings. The van der Waals surface area contributed by atoms with E-state index in [-0.39, 0.29) is 10.9 Å². The summed E-state index contributed by atoms with van der Waals surface area (Å²) in [6.07, 6.45) is 4.81. The number of hydrogen-bond donors (Lipinski definition) is 3. The van der Waals surface area contributed by atoms with Gasteiger partial charge in [-0.15, -0.1) is 0 Å². The van der Waals surface area contributed by atoms with Crippen LogP contribution in [-0.4, -0.2) is 32.5 Å². The van der Waals surface area contributed by atoms with Gasteiger partial charge in [0.15, 0.2) is 5.96 Å². The van der Waals surface area contributed by atoms with E-state index in [1.807, 2.05) is 0 Å². The van der Waals surface area contributed by atoms with E-state index >= 15 is 0 Å². The minimum Gasteiger partial charge on any atom is -0.370 e. The number of nitrogens with one attached hydrogen (secondary N) is 1. The monoisotopic (exact) mass is 337 g/mol. The molecule has 5 N–H and O–H groups in total. The van der Waals surface area contributed by atoms with Gasteiger partial charge in [-0.2, -0.15) is 17.8 Å². The van der Waals surface area contributed by atoms with Crippen LogP contribution < -0.4 is 16.8 Å². The molecule has 0 bridgehead atoms. The molecule has 1 fully saturated rings. The molecule has 1 aromatic carbocycles. The Morgan fingerprint density at radius 1 is 1.26 bits per heavy atom. The summed E-state index contributed by atoms with van der Waals surface area (Å²) < 4.78 is 30.5. The molecule has 0 amide bonds. The van der Waals surface area contributed by atoms with Crippen LogP contribution in [0.3, 0.4) is 0 Å². The third-order valence-electron chi connectivity index (χ3n) is 3.76. The van der Waals surface area contributed by atoms with Crippen molar-refractivity contribution in [1.82, 2.24) is 10.4 Å². The lowest BCUT2D eigenvalue weighted by molar-refractivity contribution is -0.0271. The van der Waals surface area contributed by atoms with Gasteiger partial charge in [0.25, 0.3) is 0 Å². The van der Waals surface area contributed by atoms with Gasteiger partial charge in [-0.3, -0.25) is 0 Å². The third kappa shape index (κ3) is 3.22.